The van der Waals surface area contributed by atoms with Gasteiger partial charge in [-0.15, -0.1) is 0 Å². The molecule has 1 atom stereocenters. The molecule has 0 radical (unpaired) electrons. The molecule has 1 unspecified atom stereocenters. The zero-order valence-corrected chi connectivity index (χ0v) is 12.5. The van der Waals surface area contributed by atoms with Gasteiger partial charge in [-0.2, -0.15) is 0 Å². The first-order valence-electron chi connectivity index (χ1n) is 5.69. The van der Waals surface area contributed by atoms with Crippen LogP contribution in [0.2, 0.25) is 5.02 Å². The molecule has 0 amide bonds. The summed E-state index contributed by atoms with van der Waals surface area (Å²) >= 11 is 7.65. The van der Waals surface area contributed by atoms with Gasteiger partial charge in [0.2, 0.25) is 0 Å². The summed E-state index contributed by atoms with van der Waals surface area (Å²) < 4.78 is 19.7. The van der Waals surface area contributed by atoms with Crippen LogP contribution < -0.4 is 5.32 Å². The minimum Gasteiger partial charge on any atom is -0.359 e. The van der Waals surface area contributed by atoms with E-state index >= 15 is 0 Å². The minimum atomic E-state index is -0.451. The zero-order chi connectivity index (χ0) is 13.1. The number of halogens is 3. The van der Waals surface area contributed by atoms with E-state index in [0.29, 0.717) is 22.9 Å². The van der Waals surface area contributed by atoms with Crippen LogP contribution in [0.4, 0.5) is 10.1 Å². The van der Waals surface area contributed by atoms with Crippen LogP contribution in [0.1, 0.15) is 24.8 Å². The molecule has 3 nitrogen and oxygen atoms in total. The summed E-state index contributed by atoms with van der Waals surface area (Å²) in [4.78, 5) is 0. The Hall–Kier alpha value is -0.400. The molecule has 98 valence electrons. The van der Waals surface area contributed by atoms with Crippen LogP contribution >= 0.6 is 34.2 Å². The van der Waals surface area contributed by atoms with Crippen LogP contribution in [0.15, 0.2) is 12.1 Å². The third-order valence-corrected chi connectivity index (χ3v) is 3.58. The van der Waals surface area contributed by atoms with Crippen molar-refractivity contribution in [1.29, 1.82) is 5.41 Å². The largest absolute Gasteiger partial charge is 0.359 e. The van der Waals surface area contributed by atoms with Gasteiger partial charge in [0.25, 0.3) is 0 Å². The van der Waals surface area contributed by atoms with Crippen molar-refractivity contribution in [3.63, 3.8) is 0 Å². The molecule has 1 saturated heterocycles. The van der Waals surface area contributed by atoms with Crippen molar-refractivity contribution in [2.75, 3.05) is 11.9 Å². The predicted molar refractivity (Wildman–Crippen MR) is 79.5 cm³/mol. The summed E-state index contributed by atoms with van der Waals surface area (Å²) in [7, 11) is 0. The molecular formula is C12H13ClFIN2O. The van der Waals surface area contributed by atoms with E-state index < -0.39 is 5.82 Å². The first-order chi connectivity index (χ1) is 8.58. The normalized spacial score (nSPS) is 19.6. The fourth-order valence-corrected chi connectivity index (χ4v) is 2.54. The zero-order valence-electron chi connectivity index (χ0n) is 9.60. The molecule has 18 heavy (non-hydrogen) atoms. The molecule has 1 aliphatic rings. The van der Waals surface area contributed by atoms with Gasteiger partial charge in [0.05, 0.1) is 5.69 Å². The number of hydrogen-bond acceptors (Lipinski definition) is 3. The standard InChI is InChI=1S/C12H13ClFIN2O/c13-7-5-8(12(15)16)11(9(14)6-7)17-10-3-1-2-4-18-10/h5-6,10,16-17H,1-4H2. The van der Waals surface area contributed by atoms with Crippen LogP contribution in [0.3, 0.4) is 0 Å². The van der Waals surface area contributed by atoms with Gasteiger partial charge in [-0.05, 0) is 54.0 Å². The molecule has 0 saturated carbocycles. The van der Waals surface area contributed by atoms with Gasteiger partial charge >= 0.3 is 0 Å². The Morgan fingerprint density at radius 3 is 2.89 bits per heavy atom. The molecule has 2 N–H and O–H groups in total. The van der Waals surface area contributed by atoms with E-state index in [4.69, 9.17) is 21.7 Å². The molecule has 1 aromatic rings. The molecule has 0 aliphatic carbocycles. The van der Waals surface area contributed by atoms with Crippen molar-refractivity contribution < 1.29 is 9.13 Å². The van der Waals surface area contributed by atoms with Crippen molar-refractivity contribution >= 4 is 43.6 Å². The third kappa shape index (κ3) is 3.33. The number of anilines is 1. The van der Waals surface area contributed by atoms with Crippen molar-refractivity contribution in [2.45, 2.75) is 25.5 Å². The maximum Gasteiger partial charge on any atom is 0.148 e. The summed E-state index contributed by atoms with van der Waals surface area (Å²) in [6.45, 7) is 0.684. The smallest absolute Gasteiger partial charge is 0.148 e. The van der Waals surface area contributed by atoms with Crippen molar-refractivity contribution in [2.24, 2.45) is 0 Å². The minimum absolute atomic E-state index is 0.191. The van der Waals surface area contributed by atoms with Gasteiger partial charge < -0.3 is 10.1 Å². The van der Waals surface area contributed by atoms with Gasteiger partial charge in [-0.3, -0.25) is 5.41 Å². The molecule has 0 spiro atoms. The third-order valence-electron chi connectivity index (χ3n) is 2.78. The quantitative estimate of drug-likeness (QED) is 0.608. The monoisotopic (exact) mass is 382 g/mol. The molecular weight excluding hydrogens is 370 g/mol. The van der Waals surface area contributed by atoms with Crippen molar-refractivity contribution in [3.05, 3.63) is 28.5 Å². The number of hydrogen-bond donors (Lipinski definition) is 2. The van der Waals surface area contributed by atoms with Crippen molar-refractivity contribution in [3.8, 4) is 0 Å². The Balaban J connectivity index is 2.27. The Labute approximate surface area is 124 Å². The Morgan fingerprint density at radius 1 is 1.50 bits per heavy atom. The van der Waals surface area contributed by atoms with E-state index in [0.717, 1.165) is 19.3 Å². The first-order valence-corrected chi connectivity index (χ1v) is 7.15. The second-order valence-electron chi connectivity index (χ2n) is 4.12. The highest BCUT2D eigenvalue weighted by molar-refractivity contribution is 14.1. The second-order valence-corrected chi connectivity index (χ2v) is 5.64. The molecule has 0 aromatic heterocycles. The lowest BCUT2D eigenvalue weighted by atomic mass is 10.1. The highest BCUT2D eigenvalue weighted by Gasteiger charge is 2.19. The van der Waals surface area contributed by atoms with Crippen molar-refractivity contribution in [1.82, 2.24) is 0 Å². The lowest BCUT2D eigenvalue weighted by Crippen LogP contribution is -2.28. The summed E-state index contributed by atoms with van der Waals surface area (Å²) in [5.41, 5.74) is 0.764. The number of ether oxygens (including phenoxy) is 1. The van der Waals surface area contributed by atoms with Crippen LogP contribution in [0.25, 0.3) is 0 Å². The van der Waals surface area contributed by atoms with Crippen LogP contribution in [-0.2, 0) is 4.74 Å². The SMILES string of the molecule is N=C(I)c1cc(Cl)cc(F)c1NC1CCCCO1. The lowest BCUT2D eigenvalue weighted by Gasteiger charge is -2.25. The van der Waals surface area contributed by atoms with Crippen LogP contribution in [0, 0.1) is 11.2 Å². The van der Waals surface area contributed by atoms with E-state index in [1.165, 1.54) is 6.07 Å². The molecule has 2 rings (SSSR count). The van der Waals surface area contributed by atoms with Crippen LogP contribution in [0.5, 0.6) is 0 Å². The molecule has 1 heterocycles. The fourth-order valence-electron chi connectivity index (χ4n) is 1.91. The predicted octanol–water partition coefficient (Wildman–Crippen LogP) is 4.18. The highest BCUT2D eigenvalue weighted by atomic mass is 127. The average Bonchev–Trinajstić information content (AvgIpc) is 2.33. The molecule has 0 bridgehead atoms. The summed E-state index contributed by atoms with van der Waals surface area (Å²) in [5, 5.41) is 11.0. The van der Waals surface area contributed by atoms with Gasteiger partial charge in [0, 0.05) is 17.2 Å². The number of benzene rings is 1. The average molecular weight is 383 g/mol. The Bertz CT molecular complexity index is 464. The van der Waals surface area contributed by atoms with Gasteiger partial charge in [-0.1, -0.05) is 11.6 Å². The number of rotatable bonds is 3. The maximum atomic E-state index is 13.9. The van der Waals surface area contributed by atoms with E-state index in [-0.39, 0.29) is 9.95 Å². The molecule has 1 aromatic carbocycles. The van der Waals surface area contributed by atoms with Gasteiger partial charge in [-0.25, -0.2) is 4.39 Å². The molecule has 6 heteroatoms. The second kappa shape index (κ2) is 6.16. The Kier molecular flexibility index (Phi) is 4.80. The van der Waals surface area contributed by atoms with E-state index in [1.807, 2.05) is 22.6 Å². The summed E-state index contributed by atoms with van der Waals surface area (Å²) in [5.74, 6) is -0.451. The Morgan fingerprint density at radius 2 is 2.28 bits per heavy atom. The van der Waals surface area contributed by atoms with E-state index in [2.05, 4.69) is 5.32 Å². The first kappa shape index (κ1) is 14.0. The molecule has 1 aliphatic heterocycles. The van der Waals surface area contributed by atoms with E-state index in [1.54, 1.807) is 6.07 Å². The molecule has 1 fully saturated rings. The maximum absolute atomic E-state index is 13.9. The van der Waals surface area contributed by atoms with Gasteiger partial charge in [0.1, 0.15) is 15.8 Å². The van der Waals surface area contributed by atoms with E-state index in [9.17, 15) is 4.39 Å². The fraction of sp³-hybridized carbons (Fsp3) is 0.417. The lowest BCUT2D eigenvalue weighted by molar-refractivity contribution is 0.0341. The summed E-state index contributed by atoms with van der Waals surface area (Å²) in [6, 6.07) is 2.83. The summed E-state index contributed by atoms with van der Waals surface area (Å²) in [6.07, 6.45) is 2.75. The highest BCUT2D eigenvalue weighted by Crippen LogP contribution is 2.28. The van der Waals surface area contributed by atoms with Crippen LogP contribution in [-0.4, -0.2) is 16.6 Å². The number of nitrogens with one attached hydrogen (secondary N) is 2. The topological polar surface area (TPSA) is 45.1 Å². The van der Waals surface area contributed by atoms with Gasteiger partial charge in [0.15, 0.2) is 0 Å².